The largest absolute Gasteiger partial charge is 0.478 e. The van der Waals surface area contributed by atoms with E-state index in [9.17, 15) is 23.1 Å². The fraction of sp³-hybridized carbons (Fsp3) is 0.583. The normalized spacial score (nSPS) is 11.5. The molecule has 0 aliphatic carbocycles. The van der Waals surface area contributed by atoms with Crippen LogP contribution in [0, 0.1) is 13.8 Å². The summed E-state index contributed by atoms with van der Waals surface area (Å²) in [6.07, 6.45) is -4.00. The van der Waals surface area contributed by atoms with Gasteiger partial charge in [0, 0.05) is 6.54 Å². The van der Waals surface area contributed by atoms with E-state index in [-0.39, 0.29) is 17.9 Å². The van der Waals surface area contributed by atoms with Gasteiger partial charge in [-0.25, -0.2) is 4.79 Å². The highest BCUT2D eigenvalue weighted by Crippen LogP contribution is 2.26. The van der Waals surface area contributed by atoms with E-state index in [1.54, 1.807) is 13.8 Å². The molecule has 0 bridgehead atoms. The smallest absolute Gasteiger partial charge is 0.405 e. The Hall–Kier alpha value is -1.86. The third-order valence-electron chi connectivity index (χ3n) is 2.81. The number of aromatic carboxylic acids is 1. The third kappa shape index (κ3) is 3.82. The van der Waals surface area contributed by atoms with Crippen molar-refractivity contribution in [2.45, 2.75) is 33.4 Å². The molecule has 0 aliphatic rings. The minimum Gasteiger partial charge on any atom is -0.478 e. The quantitative estimate of drug-likeness (QED) is 0.903. The highest BCUT2D eigenvalue weighted by atomic mass is 19.4. The average molecular weight is 291 g/mol. The first-order valence-electron chi connectivity index (χ1n) is 6.06. The van der Waals surface area contributed by atoms with Crippen molar-refractivity contribution in [3.63, 3.8) is 0 Å². The van der Waals surface area contributed by atoms with Crippen LogP contribution in [0.1, 0.15) is 35.0 Å². The van der Waals surface area contributed by atoms with Crippen LogP contribution in [0.4, 0.5) is 19.0 Å². The molecule has 0 aliphatic heterocycles. The average Bonchev–Trinajstić information content (AvgIpc) is 2.29. The molecule has 1 aromatic heterocycles. The highest BCUT2D eigenvalue weighted by Gasteiger charge is 2.33. The molecule has 0 aromatic carbocycles. The molecule has 8 heteroatoms. The number of carbonyl (C=O) groups is 1. The lowest BCUT2D eigenvalue weighted by atomic mass is 10.1. The summed E-state index contributed by atoms with van der Waals surface area (Å²) in [5, 5.41) is 16.6. The Morgan fingerprint density at radius 3 is 2.35 bits per heavy atom. The van der Waals surface area contributed by atoms with Gasteiger partial charge in [0.05, 0.1) is 5.69 Å². The SMILES string of the molecule is CCCN(CC(F)(F)F)c1nnc(C)c(C)c1C(=O)O. The summed E-state index contributed by atoms with van der Waals surface area (Å²) in [5.74, 6) is -1.54. The van der Waals surface area contributed by atoms with Gasteiger partial charge in [0.2, 0.25) is 0 Å². The summed E-state index contributed by atoms with van der Waals surface area (Å²) < 4.78 is 37.8. The second kappa shape index (κ2) is 6.06. The lowest BCUT2D eigenvalue weighted by Crippen LogP contribution is -2.37. The molecular formula is C12H16F3N3O2. The third-order valence-corrected chi connectivity index (χ3v) is 2.81. The highest BCUT2D eigenvalue weighted by molar-refractivity contribution is 5.95. The molecule has 0 saturated carbocycles. The van der Waals surface area contributed by atoms with Gasteiger partial charge in [0.1, 0.15) is 12.1 Å². The Morgan fingerprint density at radius 2 is 1.90 bits per heavy atom. The summed E-state index contributed by atoms with van der Waals surface area (Å²) in [6.45, 7) is 3.58. The Morgan fingerprint density at radius 1 is 1.30 bits per heavy atom. The molecule has 112 valence electrons. The van der Waals surface area contributed by atoms with E-state index in [1.807, 2.05) is 0 Å². The number of aryl methyl sites for hydroxylation is 1. The van der Waals surface area contributed by atoms with Crippen molar-refractivity contribution in [1.29, 1.82) is 0 Å². The van der Waals surface area contributed by atoms with Crippen molar-refractivity contribution in [2.75, 3.05) is 18.0 Å². The van der Waals surface area contributed by atoms with Crippen molar-refractivity contribution in [3.05, 3.63) is 16.8 Å². The monoisotopic (exact) mass is 291 g/mol. The zero-order chi connectivity index (χ0) is 15.5. The first kappa shape index (κ1) is 16.2. The zero-order valence-electron chi connectivity index (χ0n) is 11.5. The van der Waals surface area contributed by atoms with Crippen LogP contribution in [-0.4, -0.2) is 40.5 Å². The number of alkyl halides is 3. The minimum atomic E-state index is -4.44. The summed E-state index contributed by atoms with van der Waals surface area (Å²) in [5.41, 5.74) is 0.482. The molecular weight excluding hydrogens is 275 g/mol. The first-order chi connectivity index (χ1) is 9.17. The van der Waals surface area contributed by atoms with Crippen LogP contribution < -0.4 is 4.90 Å². The topological polar surface area (TPSA) is 66.3 Å². The molecule has 0 fully saturated rings. The lowest BCUT2D eigenvalue weighted by molar-refractivity contribution is -0.119. The molecule has 0 spiro atoms. The predicted molar refractivity (Wildman–Crippen MR) is 67.0 cm³/mol. The molecule has 0 atom stereocenters. The van der Waals surface area contributed by atoms with E-state index in [1.165, 1.54) is 6.92 Å². The fourth-order valence-electron chi connectivity index (χ4n) is 1.82. The van der Waals surface area contributed by atoms with Crippen molar-refractivity contribution in [3.8, 4) is 0 Å². The van der Waals surface area contributed by atoms with Crippen molar-refractivity contribution in [1.82, 2.24) is 10.2 Å². The fourth-order valence-corrected chi connectivity index (χ4v) is 1.82. The van der Waals surface area contributed by atoms with Gasteiger partial charge in [-0.3, -0.25) is 0 Å². The van der Waals surface area contributed by atoms with Crippen LogP contribution in [0.5, 0.6) is 0 Å². The lowest BCUT2D eigenvalue weighted by Gasteiger charge is -2.25. The number of anilines is 1. The maximum Gasteiger partial charge on any atom is 0.405 e. The van der Waals surface area contributed by atoms with Gasteiger partial charge < -0.3 is 10.0 Å². The van der Waals surface area contributed by atoms with Crippen LogP contribution in [0.15, 0.2) is 0 Å². The van der Waals surface area contributed by atoms with E-state index in [4.69, 9.17) is 0 Å². The Kier molecular flexibility index (Phi) is 4.91. The van der Waals surface area contributed by atoms with Crippen LogP contribution in [-0.2, 0) is 0 Å². The summed E-state index contributed by atoms with van der Waals surface area (Å²) >= 11 is 0. The molecule has 1 aromatic rings. The molecule has 0 saturated heterocycles. The summed E-state index contributed by atoms with van der Waals surface area (Å²) in [6, 6.07) is 0. The van der Waals surface area contributed by atoms with Gasteiger partial charge in [0.15, 0.2) is 5.82 Å². The van der Waals surface area contributed by atoms with Gasteiger partial charge in [-0.1, -0.05) is 6.92 Å². The number of halogens is 3. The number of carboxylic acid groups (broad SMARTS) is 1. The molecule has 1 rings (SSSR count). The maximum absolute atomic E-state index is 12.6. The molecule has 20 heavy (non-hydrogen) atoms. The Balaban J connectivity index is 3.33. The predicted octanol–water partition coefficient (Wildman–Crippen LogP) is 2.57. The summed E-state index contributed by atoms with van der Waals surface area (Å²) in [4.78, 5) is 12.2. The Bertz CT molecular complexity index is 503. The molecule has 0 radical (unpaired) electrons. The second-order valence-electron chi connectivity index (χ2n) is 4.45. The summed E-state index contributed by atoms with van der Waals surface area (Å²) in [7, 11) is 0. The number of hydrogen-bond acceptors (Lipinski definition) is 4. The van der Waals surface area contributed by atoms with Gasteiger partial charge in [-0.05, 0) is 25.8 Å². The number of rotatable bonds is 5. The van der Waals surface area contributed by atoms with E-state index in [0.29, 0.717) is 17.7 Å². The van der Waals surface area contributed by atoms with E-state index in [0.717, 1.165) is 4.90 Å². The van der Waals surface area contributed by atoms with E-state index >= 15 is 0 Å². The zero-order valence-corrected chi connectivity index (χ0v) is 11.5. The molecule has 5 nitrogen and oxygen atoms in total. The number of aromatic nitrogens is 2. The Labute approximate surface area is 114 Å². The standard InChI is InChI=1S/C12H16F3N3O2/c1-4-5-18(6-12(13,14)15)10-9(11(19)20)7(2)8(3)16-17-10/h4-6H2,1-3H3,(H,19,20). The van der Waals surface area contributed by atoms with Gasteiger partial charge >= 0.3 is 12.1 Å². The van der Waals surface area contributed by atoms with Crippen molar-refractivity contribution >= 4 is 11.8 Å². The van der Waals surface area contributed by atoms with Gasteiger partial charge in [-0.15, -0.1) is 5.10 Å². The number of hydrogen-bond donors (Lipinski definition) is 1. The van der Waals surface area contributed by atoms with Gasteiger partial charge in [0.25, 0.3) is 0 Å². The van der Waals surface area contributed by atoms with Crippen LogP contribution in [0.2, 0.25) is 0 Å². The minimum absolute atomic E-state index is 0.0526. The maximum atomic E-state index is 12.6. The van der Waals surface area contributed by atoms with Crippen molar-refractivity contribution in [2.24, 2.45) is 0 Å². The van der Waals surface area contributed by atoms with Crippen LogP contribution in [0.3, 0.4) is 0 Å². The van der Waals surface area contributed by atoms with Crippen LogP contribution >= 0.6 is 0 Å². The first-order valence-corrected chi connectivity index (χ1v) is 6.06. The number of carboxylic acids is 1. The van der Waals surface area contributed by atoms with E-state index < -0.39 is 18.7 Å². The van der Waals surface area contributed by atoms with Crippen LogP contribution in [0.25, 0.3) is 0 Å². The molecule has 0 amide bonds. The van der Waals surface area contributed by atoms with Gasteiger partial charge in [-0.2, -0.15) is 18.3 Å². The number of nitrogens with zero attached hydrogens (tertiary/aromatic N) is 3. The molecule has 1 heterocycles. The van der Waals surface area contributed by atoms with E-state index in [2.05, 4.69) is 10.2 Å². The molecule has 1 N–H and O–H groups in total. The second-order valence-corrected chi connectivity index (χ2v) is 4.45. The van der Waals surface area contributed by atoms with Crippen molar-refractivity contribution < 1.29 is 23.1 Å². The molecule has 0 unspecified atom stereocenters.